The Morgan fingerprint density at radius 2 is 1.92 bits per heavy atom. The molecule has 1 aliphatic carbocycles. The first-order valence-corrected chi connectivity index (χ1v) is 5.63. The van der Waals surface area contributed by atoms with Gasteiger partial charge < -0.3 is 10.4 Å². The van der Waals surface area contributed by atoms with Gasteiger partial charge in [0.15, 0.2) is 0 Å². The predicted molar refractivity (Wildman–Crippen MR) is 55.7 cm³/mol. The van der Waals surface area contributed by atoms with Gasteiger partial charge >= 0.3 is 0 Å². The van der Waals surface area contributed by atoms with E-state index in [1.807, 2.05) is 0 Å². The second-order valence-corrected chi connectivity index (χ2v) is 4.36. The molecule has 0 spiro atoms. The van der Waals surface area contributed by atoms with Crippen molar-refractivity contribution in [2.75, 3.05) is 13.1 Å². The van der Waals surface area contributed by atoms with Crippen LogP contribution in [0.25, 0.3) is 0 Å². The van der Waals surface area contributed by atoms with E-state index in [-0.39, 0.29) is 0 Å². The first kappa shape index (κ1) is 11.0. The molecule has 1 fully saturated rings. The van der Waals surface area contributed by atoms with Crippen LogP contribution < -0.4 is 5.32 Å². The maximum Gasteiger partial charge on any atom is 0.0771 e. The molecular formula is C11H23NO. The maximum absolute atomic E-state index is 10.2. The van der Waals surface area contributed by atoms with Crippen molar-refractivity contribution in [3.05, 3.63) is 0 Å². The van der Waals surface area contributed by atoms with E-state index in [1.54, 1.807) is 0 Å². The molecule has 0 heterocycles. The maximum atomic E-state index is 10.2. The van der Waals surface area contributed by atoms with E-state index in [1.165, 1.54) is 19.3 Å². The van der Waals surface area contributed by atoms with Crippen LogP contribution in [0.15, 0.2) is 0 Å². The Bertz CT molecular complexity index is 139. The standard InChI is InChI=1S/C11H23NO/c1-3-10-5-7-11(13,8-6-10)9-12-4-2/h10,12-13H,3-9H2,1-2H3. The highest BCUT2D eigenvalue weighted by atomic mass is 16.3. The normalized spacial score (nSPS) is 34.8. The summed E-state index contributed by atoms with van der Waals surface area (Å²) in [4.78, 5) is 0. The van der Waals surface area contributed by atoms with Crippen LogP contribution in [-0.4, -0.2) is 23.8 Å². The lowest BCUT2D eigenvalue weighted by molar-refractivity contribution is -0.00814. The van der Waals surface area contributed by atoms with E-state index >= 15 is 0 Å². The molecule has 78 valence electrons. The summed E-state index contributed by atoms with van der Waals surface area (Å²) >= 11 is 0. The Kier molecular flexibility index (Phi) is 4.20. The largest absolute Gasteiger partial charge is 0.389 e. The predicted octanol–water partition coefficient (Wildman–Crippen LogP) is 1.93. The van der Waals surface area contributed by atoms with E-state index in [9.17, 15) is 5.11 Å². The second-order valence-electron chi connectivity index (χ2n) is 4.36. The fraction of sp³-hybridized carbons (Fsp3) is 1.00. The average molecular weight is 185 g/mol. The molecule has 0 aromatic rings. The second kappa shape index (κ2) is 4.97. The van der Waals surface area contributed by atoms with Crippen molar-refractivity contribution in [1.29, 1.82) is 0 Å². The number of nitrogens with one attached hydrogen (secondary N) is 1. The molecule has 0 radical (unpaired) electrons. The summed E-state index contributed by atoms with van der Waals surface area (Å²) in [5, 5.41) is 13.4. The molecule has 0 aromatic carbocycles. The van der Waals surface area contributed by atoms with E-state index in [4.69, 9.17) is 0 Å². The zero-order chi connectivity index (χ0) is 9.73. The van der Waals surface area contributed by atoms with Crippen LogP contribution >= 0.6 is 0 Å². The van der Waals surface area contributed by atoms with Gasteiger partial charge in [-0.3, -0.25) is 0 Å². The molecule has 0 saturated heterocycles. The molecule has 1 aliphatic rings. The quantitative estimate of drug-likeness (QED) is 0.701. The van der Waals surface area contributed by atoms with E-state index in [0.717, 1.165) is 31.8 Å². The summed E-state index contributed by atoms with van der Waals surface area (Å²) in [5.41, 5.74) is -0.401. The van der Waals surface area contributed by atoms with Crippen LogP contribution in [-0.2, 0) is 0 Å². The number of likely N-dealkylation sites (N-methyl/N-ethyl adjacent to an activating group) is 1. The van der Waals surface area contributed by atoms with Crippen molar-refractivity contribution < 1.29 is 5.11 Å². The Morgan fingerprint density at radius 1 is 1.31 bits per heavy atom. The zero-order valence-electron chi connectivity index (χ0n) is 8.97. The minimum Gasteiger partial charge on any atom is -0.389 e. The molecule has 0 aliphatic heterocycles. The SMILES string of the molecule is CCNCC1(O)CCC(CC)CC1. The van der Waals surface area contributed by atoms with Gasteiger partial charge in [0.1, 0.15) is 0 Å². The molecule has 0 aromatic heterocycles. The summed E-state index contributed by atoms with van der Waals surface area (Å²) in [6.07, 6.45) is 5.66. The Balaban J connectivity index is 2.28. The summed E-state index contributed by atoms with van der Waals surface area (Å²) in [7, 11) is 0. The summed E-state index contributed by atoms with van der Waals surface area (Å²) in [6.45, 7) is 6.07. The van der Waals surface area contributed by atoms with Crippen molar-refractivity contribution in [2.45, 2.75) is 51.6 Å². The number of hydrogen-bond acceptors (Lipinski definition) is 2. The lowest BCUT2D eigenvalue weighted by Crippen LogP contribution is -2.43. The van der Waals surface area contributed by atoms with Gasteiger partial charge in [0, 0.05) is 6.54 Å². The van der Waals surface area contributed by atoms with Gasteiger partial charge in [-0.2, -0.15) is 0 Å². The molecule has 1 saturated carbocycles. The Labute approximate surface area is 81.7 Å². The highest BCUT2D eigenvalue weighted by Crippen LogP contribution is 2.33. The Morgan fingerprint density at radius 3 is 2.38 bits per heavy atom. The van der Waals surface area contributed by atoms with E-state index in [0.29, 0.717) is 0 Å². The average Bonchev–Trinajstić information content (AvgIpc) is 2.16. The van der Waals surface area contributed by atoms with Gasteiger partial charge in [0.2, 0.25) is 0 Å². The number of hydrogen-bond donors (Lipinski definition) is 2. The van der Waals surface area contributed by atoms with Crippen molar-refractivity contribution in [3.63, 3.8) is 0 Å². The third-order valence-corrected chi connectivity index (χ3v) is 3.32. The number of aliphatic hydroxyl groups is 1. The van der Waals surface area contributed by atoms with Crippen LogP contribution in [0.5, 0.6) is 0 Å². The van der Waals surface area contributed by atoms with Crippen molar-refractivity contribution in [2.24, 2.45) is 5.92 Å². The lowest BCUT2D eigenvalue weighted by atomic mass is 9.78. The molecule has 2 N–H and O–H groups in total. The van der Waals surface area contributed by atoms with Gasteiger partial charge in [-0.25, -0.2) is 0 Å². The third kappa shape index (κ3) is 3.28. The molecular weight excluding hydrogens is 162 g/mol. The van der Waals surface area contributed by atoms with Gasteiger partial charge in [-0.15, -0.1) is 0 Å². The molecule has 0 bridgehead atoms. The van der Waals surface area contributed by atoms with Gasteiger partial charge in [0.05, 0.1) is 5.60 Å². The molecule has 0 unspecified atom stereocenters. The minimum absolute atomic E-state index is 0.401. The first-order valence-electron chi connectivity index (χ1n) is 5.63. The van der Waals surface area contributed by atoms with Gasteiger partial charge in [0.25, 0.3) is 0 Å². The lowest BCUT2D eigenvalue weighted by Gasteiger charge is -2.35. The Hall–Kier alpha value is -0.0800. The molecule has 2 nitrogen and oxygen atoms in total. The van der Waals surface area contributed by atoms with Crippen molar-refractivity contribution in [1.82, 2.24) is 5.32 Å². The smallest absolute Gasteiger partial charge is 0.0771 e. The molecule has 0 atom stereocenters. The minimum atomic E-state index is -0.401. The fourth-order valence-electron chi connectivity index (χ4n) is 2.16. The van der Waals surface area contributed by atoms with E-state index in [2.05, 4.69) is 19.2 Å². The van der Waals surface area contributed by atoms with Crippen LogP contribution in [0.2, 0.25) is 0 Å². The van der Waals surface area contributed by atoms with Crippen LogP contribution in [0.1, 0.15) is 46.0 Å². The zero-order valence-corrected chi connectivity index (χ0v) is 8.97. The topological polar surface area (TPSA) is 32.3 Å². The van der Waals surface area contributed by atoms with Crippen LogP contribution in [0.4, 0.5) is 0 Å². The summed E-state index contributed by atoms with van der Waals surface area (Å²) in [5.74, 6) is 0.863. The number of rotatable bonds is 4. The summed E-state index contributed by atoms with van der Waals surface area (Å²) in [6, 6.07) is 0. The fourth-order valence-corrected chi connectivity index (χ4v) is 2.16. The van der Waals surface area contributed by atoms with Gasteiger partial charge in [-0.1, -0.05) is 20.3 Å². The van der Waals surface area contributed by atoms with Crippen molar-refractivity contribution in [3.8, 4) is 0 Å². The first-order chi connectivity index (χ1) is 6.20. The van der Waals surface area contributed by atoms with Crippen LogP contribution in [0.3, 0.4) is 0 Å². The molecule has 13 heavy (non-hydrogen) atoms. The molecule has 1 rings (SSSR count). The van der Waals surface area contributed by atoms with E-state index < -0.39 is 5.60 Å². The van der Waals surface area contributed by atoms with Crippen molar-refractivity contribution >= 4 is 0 Å². The van der Waals surface area contributed by atoms with Gasteiger partial charge in [-0.05, 0) is 38.1 Å². The molecule has 2 heteroatoms. The molecule has 0 amide bonds. The van der Waals surface area contributed by atoms with Crippen LogP contribution in [0, 0.1) is 5.92 Å². The monoisotopic (exact) mass is 185 g/mol. The highest BCUT2D eigenvalue weighted by Gasteiger charge is 2.31. The summed E-state index contributed by atoms with van der Waals surface area (Å²) < 4.78 is 0. The highest BCUT2D eigenvalue weighted by molar-refractivity contribution is 4.86. The third-order valence-electron chi connectivity index (χ3n) is 3.32.